The van der Waals surface area contributed by atoms with E-state index in [0.29, 0.717) is 5.56 Å². The number of nitriles is 1. The van der Waals surface area contributed by atoms with E-state index in [4.69, 9.17) is 10.4 Å². The van der Waals surface area contributed by atoms with Gasteiger partial charge in [0.05, 0.1) is 18.1 Å². The molecule has 0 bridgehead atoms. The number of carbonyl (C=O) groups is 2. The lowest BCUT2D eigenvalue weighted by Crippen LogP contribution is -2.28. The molecule has 0 fully saturated rings. The van der Waals surface area contributed by atoms with E-state index < -0.39 is 17.7 Å². The first-order valence-corrected chi connectivity index (χ1v) is 5.78. The fourth-order valence-electron chi connectivity index (χ4n) is 1.50. The van der Waals surface area contributed by atoms with Gasteiger partial charge in [-0.15, -0.1) is 0 Å². The molecule has 1 rings (SSSR count). The number of rotatable bonds is 5. The molecule has 0 saturated carbocycles. The van der Waals surface area contributed by atoms with Crippen LogP contribution in [-0.4, -0.2) is 35.5 Å². The molecule has 0 aliphatic rings. The van der Waals surface area contributed by atoms with Gasteiger partial charge in [-0.05, 0) is 23.8 Å². The average Bonchev–Trinajstić information content (AvgIpc) is 2.43. The molecule has 5 nitrogen and oxygen atoms in total. The minimum absolute atomic E-state index is 0.155. The zero-order valence-electron chi connectivity index (χ0n) is 10.8. The summed E-state index contributed by atoms with van der Waals surface area (Å²) >= 11 is 0. The van der Waals surface area contributed by atoms with Crippen molar-refractivity contribution in [2.24, 2.45) is 0 Å². The fourth-order valence-corrected chi connectivity index (χ4v) is 1.50. The van der Waals surface area contributed by atoms with Gasteiger partial charge in [0.2, 0.25) is 0 Å². The number of carbonyl (C=O) groups excluding carboxylic acids is 1. The van der Waals surface area contributed by atoms with Crippen LogP contribution in [0, 0.1) is 17.1 Å². The van der Waals surface area contributed by atoms with E-state index in [1.54, 1.807) is 0 Å². The van der Waals surface area contributed by atoms with Crippen LogP contribution in [0.25, 0.3) is 6.08 Å². The first kappa shape index (κ1) is 15.4. The standard InChI is InChI=1S/C14H13FN2O3/c1-17(8-2-7-16)14(20)11-9-10(3-5-12(11)15)4-6-13(18)19/h3-6,9H,2,8H2,1H3,(H,18,19). The quantitative estimate of drug-likeness (QED) is 0.833. The van der Waals surface area contributed by atoms with Crippen molar-refractivity contribution in [2.45, 2.75) is 6.42 Å². The Hall–Kier alpha value is -2.68. The third-order valence-electron chi connectivity index (χ3n) is 2.54. The van der Waals surface area contributed by atoms with Crippen LogP contribution in [0.3, 0.4) is 0 Å². The van der Waals surface area contributed by atoms with E-state index >= 15 is 0 Å². The third kappa shape index (κ3) is 4.21. The van der Waals surface area contributed by atoms with Crippen LogP contribution in [0.5, 0.6) is 0 Å². The summed E-state index contributed by atoms with van der Waals surface area (Å²) in [4.78, 5) is 23.7. The van der Waals surface area contributed by atoms with Gasteiger partial charge in [-0.3, -0.25) is 4.79 Å². The van der Waals surface area contributed by atoms with Crippen molar-refractivity contribution in [1.29, 1.82) is 5.26 Å². The second-order valence-corrected chi connectivity index (χ2v) is 4.05. The molecule has 0 spiro atoms. The first-order valence-electron chi connectivity index (χ1n) is 5.78. The summed E-state index contributed by atoms with van der Waals surface area (Å²) < 4.78 is 13.6. The van der Waals surface area contributed by atoms with Crippen LogP contribution in [-0.2, 0) is 4.79 Å². The Kier molecular flexibility index (Phi) is 5.42. The van der Waals surface area contributed by atoms with Gasteiger partial charge in [-0.1, -0.05) is 6.07 Å². The van der Waals surface area contributed by atoms with E-state index in [1.807, 2.05) is 6.07 Å². The van der Waals surface area contributed by atoms with Crippen LogP contribution >= 0.6 is 0 Å². The molecule has 0 aromatic heterocycles. The number of amides is 1. The Bertz CT molecular complexity index is 591. The molecule has 1 amide bonds. The van der Waals surface area contributed by atoms with E-state index in [1.165, 1.54) is 30.2 Å². The summed E-state index contributed by atoms with van der Waals surface area (Å²) in [5.41, 5.74) is 0.254. The summed E-state index contributed by atoms with van der Waals surface area (Å²) in [6.45, 7) is 0.198. The summed E-state index contributed by atoms with van der Waals surface area (Å²) in [5.74, 6) is -2.37. The number of hydrogen-bond acceptors (Lipinski definition) is 3. The van der Waals surface area contributed by atoms with Gasteiger partial charge in [0.25, 0.3) is 5.91 Å². The predicted molar refractivity (Wildman–Crippen MR) is 70.3 cm³/mol. The van der Waals surface area contributed by atoms with Crippen molar-refractivity contribution in [1.82, 2.24) is 4.90 Å². The second-order valence-electron chi connectivity index (χ2n) is 4.05. The molecule has 0 aliphatic carbocycles. The van der Waals surface area contributed by atoms with Crippen LogP contribution in [0.4, 0.5) is 4.39 Å². The van der Waals surface area contributed by atoms with Gasteiger partial charge in [0.15, 0.2) is 0 Å². The molecule has 1 aromatic rings. The molecule has 0 atom stereocenters. The number of nitrogens with zero attached hydrogens (tertiary/aromatic N) is 2. The Morgan fingerprint density at radius 1 is 1.50 bits per heavy atom. The number of halogens is 1. The molecule has 1 N–H and O–H groups in total. The number of hydrogen-bond donors (Lipinski definition) is 1. The smallest absolute Gasteiger partial charge is 0.328 e. The maximum absolute atomic E-state index is 13.6. The normalized spacial score (nSPS) is 10.2. The van der Waals surface area contributed by atoms with Crippen molar-refractivity contribution >= 4 is 18.0 Å². The lowest BCUT2D eigenvalue weighted by molar-refractivity contribution is -0.131. The number of benzene rings is 1. The van der Waals surface area contributed by atoms with Gasteiger partial charge >= 0.3 is 5.97 Å². The fraction of sp³-hybridized carbons (Fsp3) is 0.214. The van der Waals surface area contributed by atoms with Gasteiger partial charge in [-0.25, -0.2) is 9.18 Å². The highest BCUT2D eigenvalue weighted by Crippen LogP contribution is 2.14. The van der Waals surface area contributed by atoms with Gasteiger partial charge in [-0.2, -0.15) is 5.26 Å². The van der Waals surface area contributed by atoms with Crippen molar-refractivity contribution < 1.29 is 19.1 Å². The molecule has 0 unspecified atom stereocenters. The molecule has 0 heterocycles. The summed E-state index contributed by atoms with van der Waals surface area (Å²) in [7, 11) is 1.47. The maximum Gasteiger partial charge on any atom is 0.328 e. The molecule has 0 radical (unpaired) electrons. The lowest BCUT2D eigenvalue weighted by Gasteiger charge is -2.16. The van der Waals surface area contributed by atoms with Gasteiger partial charge in [0.1, 0.15) is 5.82 Å². The Morgan fingerprint density at radius 2 is 2.20 bits per heavy atom. The number of aliphatic carboxylic acids is 1. The Labute approximate surface area is 115 Å². The highest BCUT2D eigenvalue weighted by molar-refractivity contribution is 5.95. The highest BCUT2D eigenvalue weighted by atomic mass is 19.1. The molecular formula is C14H13FN2O3. The van der Waals surface area contributed by atoms with Gasteiger partial charge < -0.3 is 10.0 Å². The van der Waals surface area contributed by atoms with Crippen molar-refractivity contribution in [3.8, 4) is 6.07 Å². The van der Waals surface area contributed by atoms with Crippen LogP contribution in [0.2, 0.25) is 0 Å². The van der Waals surface area contributed by atoms with E-state index in [-0.39, 0.29) is 18.5 Å². The Balaban J connectivity index is 2.99. The monoisotopic (exact) mass is 276 g/mol. The third-order valence-corrected chi connectivity index (χ3v) is 2.54. The van der Waals surface area contributed by atoms with Crippen molar-refractivity contribution in [3.63, 3.8) is 0 Å². The van der Waals surface area contributed by atoms with Gasteiger partial charge in [0, 0.05) is 19.7 Å². The molecule has 104 valence electrons. The summed E-state index contributed by atoms with van der Waals surface area (Å²) in [5, 5.41) is 17.0. The highest BCUT2D eigenvalue weighted by Gasteiger charge is 2.16. The summed E-state index contributed by atoms with van der Waals surface area (Å²) in [6.07, 6.45) is 2.33. The minimum atomic E-state index is -1.13. The topological polar surface area (TPSA) is 81.4 Å². The van der Waals surface area contributed by atoms with Crippen LogP contribution < -0.4 is 0 Å². The predicted octanol–water partition coefficient (Wildman–Crippen LogP) is 1.91. The Morgan fingerprint density at radius 3 is 2.80 bits per heavy atom. The van der Waals surface area contributed by atoms with E-state index in [9.17, 15) is 14.0 Å². The van der Waals surface area contributed by atoms with Crippen LogP contribution in [0.1, 0.15) is 22.3 Å². The summed E-state index contributed by atoms with van der Waals surface area (Å²) in [6, 6.07) is 5.66. The first-order chi connectivity index (χ1) is 9.45. The number of carboxylic acid groups (broad SMARTS) is 1. The second kappa shape index (κ2) is 7.04. The molecule has 0 aliphatic heterocycles. The zero-order valence-corrected chi connectivity index (χ0v) is 10.8. The maximum atomic E-state index is 13.6. The van der Waals surface area contributed by atoms with E-state index in [2.05, 4.69) is 0 Å². The number of carboxylic acids is 1. The van der Waals surface area contributed by atoms with Crippen LogP contribution in [0.15, 0.2) is 24.3 Å². The SMILES string of the molecule is CN(CCC#N)C(=O)c1cc(C=CC(=O)O)ccc1F. The lowest BCUT2D eigenvalue weighted by atomic mass is 10.1. The molecule has 1 aromatic carbocycles. The van der Waals surface area contributed by atoms with Crippen molar-refractivity contribution in [3.05, 3.63) is 41.2 Å². The molecule has 0 saturated heterocycles. The average molecular weight is 276 g/mol. The molecule has 6 heteroatoms. The van der Waals surface area contributed by atoms with Crippen molar-refractivity contribution in [2.75, 3.05) is 13.6 Å². The largest absolute Gasteiger partial charge is 0.478 e. The zero-order chi connectivity index (χ0) is 15.1. The van der Waals surface area contributed by atoms with E-state index in [0.717, 1.165) is 12.1 Å². The molecular weight excluding hydrogens is 263 g/mol. The molecule has 20 heavy (non-hydrogen) atoms. The minimum Gasteiger partial charge on any atom is -0.478 e.